The third kappa shape index (κ3) is 3.83. The van der Waals surface area contributed by atoms with Crippen LogP contribution >= 0.6 is 11.6 Å². The molecule has 3 amide bonds. The van der Waals surface area contributed by atoms with Gasteiger partial charge in [0.25, 0.3) is 5.69 Å². The Hall–Kier alpha value is -4.70. The van der Waals surface area contributed by atoms with Gasteiger partial charge in [-0.25, -0.2) is 4.90 Å². The predicted octanol–water partition coefficient (Wildman–Crippen LogP) is 4.41. The normalized spacial score (nSPS) is 22.8. The van der Waals surface area contributed by atoms with Crippen LogP contribution in [-0.2, 0) is 14.4 Å². The van der Waals surface area contributed by atoms with Crippen LogP contribution in [0.5, 0.6) is 5.75 Å². The molecule has 1 N–H and O–H groups in total. The number of anilines is 2. The molecule has 3 heterocycles. The van der Waals surface area contributed by atoms with E-state index in [9.17, 15) is 24.5 Å². The van der Waals surface area contributed by atoms with Gasteiger partial charge in [0.2, 0.25) is 17.7 Å². The molecule has 196 valence electrons. The molecule has 3 aromatic rings. The lowest BCUT2D eigenvalue weighted by Crippen LogP contribution is -2.46. The second kappa shape index (κ2) is 9.25. The highest BCUT2D eigenvalue weighted by Gasteiger charge is 2.64. The summed E-state index contributed by atoms with van der Waals surface area (Å²) in [6.45, 7) is 0. The first-order valence-electron chi connectivity index (χ1n) is 12.1. The lowest BCUT2D eigenvalue weighted by molar-refractivity contribution is -0.384. The largest absolute Gasteiger partial charge is 0.495 e. The maximum atomic E-state index is 13.9. The van der Waals surface area contributed by atoms with Crippen molar-refractivity contribution < 1.29 is 24.0 Å². The number of imide groups is 1. The molecule has 0 aromatic heterocycles. The molecule has 3 aromatic carbocycles. The van der Waals surface area contributed by atoms with Gasteiger partial charge >= 0.3 is 0 Å². The zero-order valence-corrected chi connectivity index (χ0v) is 21.2. The van der Waals surface area contributed by atoms with Crippen molar-refractivity contribution >= 4 is 52.5 Å². The minimum Gasteiger partial charge on any atom is -0.495 e. The summed E-state index contributed by atoms with van der Waals surface area (Å²) in [6, 6.07) is 16.0. The summed E-state index contributed by atoms with van der Waals surface area (Å²) in [6.07, 6.45) is 3.61. The highest BCUT2D eigenvalue weighted by Crippen LogP contribution is 2.53. The maximum Gasteiger partial charge on any atom is 0.269 e. The zero-order valence-electron chi connectivity index (χ0n) is 20.5. The number of methoxy groups -OCH3 is 1. The van der Waals surface area contributed by atoms with E-state index in [0.717, 1.165) is 16.0 Å². The Morgan fingerprint density at radius 2 is 1.74 bits per heavy atom. The Kier molecular flexibility index (Phi) is 5.84. The first-order valence-corrected chi connectivity index (χ1v) is 12.5. The van der Waals surface area contributed by atoms with Crippen LogP contribution in [0, 0.1) is 22.0 Å². The van der Waals surface area contributed by atoms with Crippen LogP contribution in [0.15, 0.2) is 72.9 Å². The first-order chi connectivity index (χ1) is 18.8. The topological polar surface area (TPSA) is 122 Å². The van der Waals surface area contributed by atoms with E-state index in [4.69, 9.17) is 16.3 Å². The third-order valence-corrected chi connectivity index (χ3v) is 7.70. The Bertz CT molecular complexity index is 1570. The molecule has 39 heavy (non-hydrogen) atoms. The molecule has 0 radical (unpaired) electrons. The molecule has 0 unspecified atom stereocenters. The fourth-order valence-corrected chi connectivity index (χ4v) is 5.99. The summed E-state index contributed by atoms with van der Waals surface area (Å²) >= 11 is 6.16. The molecular weight excluding hydrogens is 524 g/mol. The van der Waals surface area contributed by atoms with Crippen molar-refractivity contribution in [2.75, 3.05) is 17.3 Å². The number of nitro benzene ring substituents is 1. The molecule has 10 nitrogen and oxygen atoms in total. The monoisotopic (exact) mass is 544 g/mol. The number of carbonyl (C=O) groups excluding carboxylic acids is 3. The van der Waals surface area contributed by atoms with Gasteiger partial charge in [-0.1, -0.05) is 35.9 Å². The van der Waals surface area contributed by atoms with Gasteiger partial charge in [-0.2, -0.15) is 0 Å². The number of amides is 3. The lowest BCUT2D eigenvalue weighted by atomic mass is 9.84. The number of nitrogens with one attached hydrogen (secondary N) is 1. The average Bonchev–Trinajstić information content (AvgIpc) is 3.41. The minimum atomic E-state index is -1.02. The fraction of sp³-hybridized carbons (Fsp3) is 0.179. The van der Waals surface area contributed by atoms with E-state index in [2.05, 4.69) is 5.32 Å². The van der Waals surface area contributed by atoms with Crippen molar-refractivity contribution in [1.29, 1.82) is 0 Å². The number of non-ortho nitro benzene ring substituents is 1. The average molecular weight is 545 g/mol. The van der Waals surface area contributed by atoms with Crippen molar-refractivity contribution in [3.8, 4) is 5.75 Å². The Morgan fingerprint density at radius 1 is 1.03 bits per heavy atom. The molecule has 2 saturated heterocycles. The number of rotatable bonds is 5. The molecule has 4 atom stereocenters. The number of ether oxygens (including phenoxy) is 1. The molecule has 0 saturated carbocycles. The van der Waals surface area contributed by atoms with Crippen LogP contribution in [0.1, 0.15) is 17.2 Å². The Balaban J connectivity index is 1.43. The molecule has 2 fully saturated rings. The van der Waals surface area contributed by atoms with Crippen molar-refractivity contribution in [3.05, 3.63) is 99.2 Å². The van der Waals surface area contributed by atoms with E-state index in [1.807, 2.05) is 30.3 Å². The molecule has 11 heteroatoms. The highest BCUT2D eigenvalue weighted by molar-refractivity contribution is 6.31. The van der Waals surface area contributed by atoms with Gasteiger partial charge in [-0.15, -0.1) is 0 Å². The molecule has 3 aliphatic rings. The standard InChI is InChI=1S/C28H21ClN4O6/c1-39-21-11-6-16(29)14-20(21)30-26(34)25-23-22(24-19-5-3-2-4-15(19)12-13-31(24)25)27(35)32(28(23)36)17-7-9-18(10-8-17)33(37)38/h2-14,22-25H,1H3,(H,30,34)/t22-,23-,24-,25+/m1/s1. The van der Waals surface area contributed by atoms with Crippen molar-refractivity contribution in [3.63, 3.8) is 0 Å². The number of halogens is 1. The van der Waals surface area contributed by atoms with E-state index in [1.165, 1.54) is 31.4 Å². The van der Waals surface area contributed by atoms with Gasteiger partial charge < -0.3 is 15.0 Å². The van der Waals surface area contributed by atoms with Gasteiger partial charge in [0.05, 0.1) is 41.3 Å². The predicted molar refractivity (Wildman–Crippen MR) is 143 cm³/mol. The second-order valence-electron chi connectivity index (χ2n) is 9.45. The summed E-state index contributed by atoms with van der Waals surface area (Å²) < 4.78 is 5.36. The number of hydrogen-bond acceptors (Lipinski definition) is 7. The summed E-state index contributed by atoms with van der Waals surface area (Å²) in [5.74, 6) is -2.97. The van der Waals surface area contributed by atoms with Crippen molar-refractivity contribution in [2.24, 2.45) is 11.8 Å². The second-order valence-corrected chi connectivity index (χ2v) is 9.89. The van der Waals surface area contributed by atoms with Crippen LogP contribution < -0.4 is 15.0 Å². The van der Waals surface area contributed by atoms with Gasteiger partial charge in [-0.3, -0.25) is 24.5 Å². The van der Waals surface area contributed by atoms with Crippen LogP contribution in [0.2, 0.25) is 5.02 Å². The van der Waals surface area contributed by atoms with Crippen LogP contribution in [-0.4, -0.2) is 40.7 Å². The van der Waals surface area contributed by atoms with Gasteiger partial charge in [-0.05, 0) is 47.5 Å². The number of fused-ring (bicyclic) bond motifs is 5. The summed E-state index contributed by atoms with van der Waals surface area (Å²) in [5.41, 5.74) is 2.11. The smallest absolute Gasteiger partial charge is 0.269 e. The van der Waals surface area contributed by atoms with Crippen molar-refractivity contribution in [1.82, 2.24) is 4.90 Å². The zero-order chi connectivity index (χ0) is 27.4. The van der Waals surface area contributed by atoms with Crippen LogP contribution in [0.4, 0.5) is 17.1 Å². The molecule has 6 rings (SSSR count). The molecule has 0 spiro atoms. The van der Waals surface area contributed by atoms with Gasteiger partial charge in [0.15, 0.2) is 0 Å². The van der Waals surface area contributed by atoms with E-state index < -0.39 is 46.6 Å². The molecular formula is C28H21ClN4O6. The SMILES string of the molecule is COc1ccc(Cl)cc1NC(=O)[C@@H]1[C@@H]2C(=O)N(c3ccc([N+](=O)[O-])cc3)C(=O)[C@H]2[C@H]2c3ccccc3C=CN12. The molecule has 0 aliphatic carbocycles. The number of benzene rings is 3. The first kappa shape index (κ1) is 24.6. The third-order valence-electron chi connectivity index (χ3n) is 7.47. The highest BCUT2D eigenvalue weighted by atomic mass is 35.5. The summed E-state index contributed by atoms with van der Waals surface area (Å²) in [7, 11) is 1.46. The Morgan fingerprint density at radius 3 is 2.46 bits per heavy atom. The number of hydrogen-bond donors (Lipinski definition) is 1. The van der Waals surface area contributed by atoms with Gasteiger partial charge in [0, 0.05) is 23.4 Å². The number of nitrogens with zero attached hydrogens (tertiary/aromatic N) is 3. The van der Waals surface area contributed by atoms with E-state index in [-0.39, 0.29) is 11.4 Å². The van der Waals surface area contributed by atoms with Crippen LogP contribution in [0.25, 0.3) is 6.08 Å². The summed E-state index contributed by atoms with van der Waals surface area (Å²) in [4.78, 5) is 55.1. The van der Waals surface area contributed by atoms with Gasteiger partial charge in [0.1, 0.15) is 11.8 Å². The maximum absolute atomic E-state index is 13.9. The summed E-state index contributed by atoms with van der Waals surface area (Å²) in [5, 5.41) is 14.3. The van der Waals surface area contributed by atoms with Crippen LogP contribution in [0.3, 0.4) is 0 Å². The fourth-order valence-electron chi connectivity index (χ4n) is 5.82. The number of nitro groups is 1. The number of carbonyl (C=O) groups is 3. The Labute approximate surface area is 227 Å². The quantitative estimate of drug-likeness (QED) is 0.287. The van der Waals surface area contributed by atoms with E-state index >= 15 is 0 Å². The van der Waals surface area contributed by atoms with E-state index in [0.29, 0.717) is 16.5 Å². The minimum absolute atomic E-state index is 0.164. The molecule has 0 bridgehead atoms. The molecule has 3 aliphatic heterocycles. The van der Waals surface area contributed by atoms with Crippen molar-refractivity contribution in [2.45, 2.75) is 12.1 Å². The van der Waals surface area contributed by atoms with E-state index in [1.54, 1.807) is 29.3 Å². The lowest BCUT2D eigenvalue weighted by Gasteiger charge is -2.35.